The quantitative estimate of drug-likeness (QED) is 0.783. The molecular formula is C13H17Cl2NO. The van der Waals surface area contributed by atoms with Gasteiger partial charge in [0.25, 0.3) is 0 Å². The van der Waals surface area contributed by atoms with Gasteiger partial charge in [-0.3, -0.25) is 4.90 Å². The fourth-order valence-corrected chi connectivity index (χ4v) is 2.53. The highest BCUT2D eigenvalue weighted by molar-refractivity contribution is 6.30. The summed E-state index contributed by atoms with van der Waals surface area (Å²) < 4.78 is 5.31. The summed E-state index contributed by atoms with van der Waals surface area (Å²) in [5.41, 5.74) is 1.09. The van der Waals surface area contributed by atoms with Crippen LogP contribution >= 0.6 is 23.2 Å². The van der Waals surface area contributed by atoms with Gasteiger partial charge in [-0.1, -0.05) is 30.3 Å². The molecule has 0 unspecified atom stereocenters. The highest BCUT2D eigenvalue weighted by Gasteiger charge is 2.22. The van der Waals surface area contributed by atoms with Crippen LogP contribution in [-0.2, 0) is 4.74 Å². The Morgan fingerprint density at radius 2 is 1.76 bits per heavy atom. The summed E-state index contributed by atoms with van der Waals surface area (Å²) in [6, 6.07) is 10.0. The standard InChI is InChI=1S/C13H17Cl2NO/c14-12(10-16-6-8-17-9-7-16)13(15)11-4-2-1-3-5-11/h1-5,12-13H,6-10H2/t12-,13+/m1/s1. The Labute approximate surface area is 112 Å². The molecule has 1 aromatic rings. The van der Waals surface area contributed by atoms with E-state index in [1.807, 2.05) is 30.3 Å². The first-order valence-corrected chi connectivity index (χ1v) is 6.78. The third kappa shape index (κ3) is 3.85. The van der Waals surface area contributed by atoms with Gasteiger partial charge in [0.1, 0.15) is 0 Å². The zero-order valence-electron chi connectivity index (χ0n) is 9.69. The first-order valence-electron chi connectivity index (χ1n) is 5.90. The number of morpholine rings is 1. The van der Waals surface area contributed by atoms with Crippen LogP contribution < -0.4 is 0 Å². The van der Waals surface area contributed by atoms with Crippen LogP contribution in [0.2, 0.25) is 0 Å². The molecule has 2 nitrogen and oxygen atoms in total. The van der Waals surface area contributed by atoms with Crippen LogP contribution in [0.3, 0.4) is 0 Å². The Balaban J connectivity index is 1.88. The lowest BCUT2D eigenvalue weighted by atomic mass is 10.1. The second-order valence-corrected chi connectivity index (χ2v) is 5.27. The van der Waals surface area contributed by atoms with E-state index in [2.05, 4.69) is 4.90 Å². The van der Waals surface area contributed by atoms with Crippen molar-refractivity contribution in [2.75, 3.05) is 32.8 Å². The van der Waals surface area contributed by atoms with Gasteiger partial charge in [-0.15, -0.1) is 23.2 Å². The van der Waals surface area contributed by atoms with Crippen molar-refractivity contribution in [3.05, 3.63) is 35.9 Å². The molecule has 1 heterocycles. The molecule has 0 radical (unpaired) electrons. The summed E-state index contributed by atoms with van der Waals surface area (Å²) in [5, 5.41) is -0.210. The predicted molar refractivity (Wildman–Crippen MR) is 71.9 cm³/mol. The second-order valence-electron chi connectivity index (χ2n) is 4.24. The number of alkyl halides is 2. The lowest BCUT2D eigenvalue weighted by Gasteiger charge is -2.29. The highest BCUT2D eigenvalue weighted by Crippen LogP contribution is 2.28. The van der Waals surface area contributed by atoms with Crippen LogP contribution in [0.15, 0.2) is 30.3 Å². The van der Waals surface area contributed by atoms with Crippen LogP contribution in [0.5, 0.6) is 0 Å². The van der Waals surface area contributed by atoms with E-state index in [9.17, 15) is 0 Å². The number of benzene rings is 1. The average Bonchev–Trinajstić information content (AvgIpc) is 2.40. The Morgan fingerprint density at radius 3 is 2.41 bits per heavy atom. The number of halogens is 2. The third-order valence-corrected chi connectivity index (χ3v) is 4.05. The van der Waals surface area contributed by atoms with Gasteiger partial charge >= 0.3 is 0 Å². The Hall–Kier alpha value is -0.280. The van der Waals surface area contributed by atoms with E-state index in [1.54, 1.807) is 0 Å². The van der Waals surface area contributed by atoms with E-state index in [1.165, 1.54) is 0 Å². The van der Waals surface area contributed by atoms with Gasteiger partial charge in [0.15, 0.2) is 0 Å². The minimum absolute atomic E-state index is 0.0721. The molecule has 1 fully saturated rings. The Bertz CT molecular complexity index is 327. The smallest absolute Gasteiger partial charge is 0.0761 e. The second kappa shape index (κ2) is 6.60. The molecule has 94 valence electrons. The summed E-state index contributed by atoms with van der Waals surface area (Å²) in [7, 11) is 0. The van der Waals surface area contributed by atoms with E-state index >= 15 is 0 Å². The molecule has 17 heavy (non-hydrogen) atoms. The molecule has 2 atom stereocenters. The van der Waals surface area contributed by atoms with Gasteiger partial charge in [-0.05, 0) is 5.56 Å². The minimum atomic E-state index is -0.138. The topological polar surface area (TPSA) is 12.5 Å². The normalized spacial score (nSPS) is 21.1. The summed E-state index contributed by atoms with van der Waals surface area (Å²) in [6.45, 7) is 4.29. The molecule has 0 spiro atoms. The molecule has 0 N–H and O–H groups in total. The number of hydrogen-bond acceptors (Lipinski definition) is 2. The minimum Gasteiger partial charge on any atom is -0.379 e. The van der Waals surface area contributed by atoms with E-state index < -0.39 is 0 Å². The maximum Gasteiger partial charge on any atom is 0.0761 e. The first-order chi connectivity index (χ1) is 8.27. The molecule has 1 aliphatic rings. The van der Waals surface area contributed by atoms with Crippen molar-refractivity contribution in [2.24, 2.45) is 0 Å². The Morgan fingerprint density at radius 1 is 1.12 bits per heavy atom. The molecular weight excluding hydrogens is 257 g/mol. The van der Waals surface area contributed by atoms with Crippen molar-refractivity contribution >= 4 is 23.2 Å². The van der Waals surface area contributed by atoms with E-state index in [0.29, 0.717) is 0 Å². The molecule has 0 aromatic heterocycles. The lowest BCUT2D eigenvalue weighted by Crippen LogP contribution is -2.40. The SMILES string of the molecule is Cl[C@H](CN1CCOCC1)[C@@H](Cl)c1ccccc1. The maximum atomic E-state index is 6.39. The van der Waals surface area contributed by atoms with Crippen molar-refractivity contribution in [3.8, 4) is 0 Å². The molecule has 0 aliphatic carbocycles. The van der Waals surface area contributed by atoms with Crippen LogP contribution in [0.1, 0.15) is 10.9 Å². The summed E-state index contributed by atoms with van der Waals surface area (Å²) in [4.78, 5) is 2.31. The number of hydrogen-bond donors (Lipinski definition) is 0. The largest absolute Gasteiger partial charge is 0.379 e. The van der Waals surface area contributed by atoms with Crippen molar-refractivity contribution in [2.45, 2.75) is 10.8 Å². The third-order valence-electron chi connectivity index (χ3n) is 2.97. The number of rotatable bonds is 4. The zero-order valence-corrected chi connectivity index (χ0v) is 11.2. The summed E-state index contributed by atoms with van der Waals surface area (Å²) in [6.07, 6.45) is 0. The van der Waals surface area contributed by atoms with E-state index in [0.717, 1.165) is 38.4 Å². The van der Waals surface area contributed by atoms with Gasteiger partial charge in [-0.25, -0.2) is 0 Å². The molecule has 0 amide bonds. The summed E-state index contributed by atoms with van der Waals surface area (Å²) >= 11 is 12.8. The molecule has 1 saturated heterocycles. The summed E-state index contributed by atoms with van der Waals surface area (Å²) in [5.74, 6) is 0. The molecule has 1 aromatic carbocycles. The molecule has 4 heteroatoms. The van der Waals surface area contributed by atoms with Gasteiger partial charge < -0.3 is 4.74 Å². The first kappa shape index (κ1) is 13.2. The predicted octanol–water partition coefficient (Wildman–Crippen LogP) is 2.91. The van der Waals surface area contributed by atoms with Crippen LogP contribution in [0, 0.1) is 0 Å². The van der Waals surface area contributed by atoms with E-state index in [-0.39, 0.29) is 10.8 Å². The van der Waals surface area contributed by atoms with Crippen LogP contribution in [0.25, 0.3) is 0 Å². The maximum absolute atomic E-state index is 6.39. The number of ether oxygens (including phenoxy) is 1. The van der Waals surface area contributed by atoms with Gasteiger partial charge in [0.05, 0.1) is 24.0 Å². The lowest BCUT2D eigenvalue weighted by molar-refractivity contribution is 0.0378. The molecule has 2 rings (SSSR count). The highest BCUT2D eigenvalue weighted by atomic mass is 35.5. The molecule has 1 aliphatic heterocycles. The number of nitrogens with zero attached hydrogens (tertiary/aromatic N) is 1. The Kier molecular flexibility index (Phi) is 5.11. The average molecular weight is 274 g/mol. The fourth-order valence-electron chi connectivity index (χ4n) is 1.97. The van der Waals surface area contributed by atoms with Crippen LogP contribution in [0.4, 0.5) is 0 Å². The zero-order chi connectivity index (χ0) is 12.1. The van der Waals surface area contributed by atoms with Gasteiger partial charge in [-0.2, -0.15) is 0 Å². The van der Waals surface area contributed by atoms with Crippen LogP contribution in [-0.4, -0.2) is 43.1 Å². The molecule has 0 saturated carbocycles. The monoisotopic (exact) mass is 273 g/mol. The van der Waals surface area contributed by atoms with Crippen molar-refractivity contribution in [3.63, 3.8) is 0 Å². The van der Waals surface area contributed by atoms with Crippen molar-refractivity contribution in [1.29, 1.82) is 0 Å². The molecule has 0 bridgehead atoms. The van der Waals surface area contributed by atoms with E-state index in [4.69, 9.17) is 27.9 Å². The van der Waals surface area contributed by atoms with Crippen molar-refractivity contribution < 1.29 is 4.74 Å². The fraction of sp³-hybridized carbons (Fsp3) is 0.538. The van der Waals surface area contributed by atoms with Gasteiger partial charge in [0.2, 0.25) is 0 Å². The van der Waals surface area contributed by atoms with Gasteiger partial charge in [0, 0.05) is 19.6 Å². The van der Waals surface area contributed by atoms with Crippen molar-refractivity contribution in [1.82, 2.24) is 4.90 Å².